The molecule has 0 saturated carbocycles. The summed E-state index contributed by atoms with van der Waals surface area (Å²) in [5.74, 6) is 0.527. The molecule has 1 aromatic heterocycles. The van der Waals surface area contributed by atoms with Crippen molar-refractivity contribution in [3.63, 3.8) is 0 Å². The van der Waals surface area contributed by atoms with Gasteiger partial charge in [0.25, 0.3) is 0 Å². The number of esters is 1. The number of rotatable bonds is 2. The van der Waals surface area contributed by atoms with Gasteiger partial charge in [-0.15, -0.1) is 12.4 Å². The number of ether oxygens (including phenoxy) is 1. The zero-order chi connectivity index (χ0) is 10.0. The fraction of sp³-hybridized carbons (Fsp3) is 0.500. The first kappa shape index (κ1) is 12.9. The van der Waals surface area contributed by atoms with Crippen LogP contribution < -0.4 is 5.73 Å². The summed E-state index contributed by atoms with van der Waals surface area (Å²) >= 11 is 0. The van der Waals surface area contributed by atoms with Crippen LogP contribution in [0.1, 0.15) is 23.4 Å². The van der Waals surface area contributed by atoms with Crippen LogP contribution in [0.5, 0.6) is 0 Å². The summed E-state index contributed by atoms with van der Waals surface area (Å²) in [6, 6.07) is -0.859. The van der Waals surface area contributed by atoms with Crippen LogP contribution in [0.25, 0.3) is 0 Å². The van der Waals surface area contributed by atoms with Crippen molar-refractivity contribution in [2.75, 3.05) is 7.11 Å². The number of methoxy groups -OCH3 is 1. The highest BCUT2D eigenvalue weighted by atomic mass is 35.5. The molecule has 0 aliphatic carbocycles. The van der Waals surface area contributed by atoms with Gasteiger partial charge in [0.2, 0.25) is 0 Å². The number of halogens is 1. The molecule has 1 atom stereocenters. The first-order valence-corrected chi connectivity index (χ1v) is 3.83. The molecule has 0 bridgehead atoms. The molecular formula is C8H13ClN2O3. The number of hydrogen-bond donors (Lipinski definition) is 1. The predicted octanol–water partition coefficient (Wildman–Crippen LogP) is 0.886. The lowest BCUT2D eigenvalue weighted by Gasteiger charge is -2.05. The topological polar surface area (TPSA) is 78.4 Å². The molecule has 1 unspecified atom stereocenters. The number of nitrogens with two attached hydrogens (primary N) is 1. The highest BCUT2D eigenvalue weighted by Crippen LogP contribution is 2.16. The van der Waals surface area contributed by atoms with Crippen LogP contribution in [0, 0.1) is 13.8 Å². The Bertz CT molecular complexity index is 324. The summed E-state index contributed by atoms with van der Waals surface area (Å²) < 4.78 is 9.62. The molecule has 2 N–H and O–H groups in total. The van der Waals surface area contributed by atoms with Crippen LogP contribution in [0.3, 0.4) is 0 Å². The second-order valence-corrected chi connectivity index (χ2v) is 2.68. The maximum Gasteiger partial charge on any atom is 0.329 e. The average Bonchev–Trinajstić information content (AvgIpc) is 2.42. The minimum atomic E-state index is -0.859. The van der Waals surface area contributed by atoms with Crippen LogP contribution in [0.4, 0.5) is 0 Å². The number of oxazole rings is 1. The summed E-state index contributed by atoms with van der Waals surface area (Å²) in [6.45, 7) is 3.40. The minimum absolute atomic E-state index is 0. The first-order chi connectivity index (χ1) is 6.06. The molecule has 1 heterocycles. The molecule has 5 nitrogen and oxygen atoms in total. The van der Waals surface area contributed by atoms with Crippen LogP contribution in [-0.2, 0) is 9.53 Å². The van der Waals surface area contributed by atoms with Crippen LogP contribution in [0.15, 0.2) is 4.42 Å². The van der Waals surface area contributed by atoms with Crippen molar-refractivity contribution >= 4 is 18.4 Å². The van der Waals surface area contributed by atoms with E-state index in [1.807, 2.05) is 0 Å². The highest BCUT2D eigenvalue weighted by Gasteiger charge is 2.22. The van der Waals surface area contributed by atoms with Crippen LogP contribution in [0.2, 0.25) is 0 Å². The third-order valence-electron chi connectivity index (χ3n) is 1.69. The molecule has 14 heavy (non-hydrogen) atoms. The van der Waals surface area contributed by atoms with Crippen molar-refractivity contribution < 1.29 is 13.9 Å². The maximum atomic E-state index is 11.0. The average molecular weight is 221 g/mol. The number of aromatic nitrogens is 1. The fourth-order valence-electron chi connectivity index (χ4n) is 1.07. The van der Waals surface area contributed by atoms with Crippen molar-refractivity contribution in [2.24, 2.45) is 5.73 Å². The molecule has 6 heteroatoms. The van der Waals surface area contributed by atoms with Crippen molar-refractivity contribution in [1.29, 1.82) is 0 Å². The molecule has 80 valence electrons. The van der Waals surface area contributed by atoms with E-state index in [2.05, 4.69) is 9.72 Å². The normalized spacial score (nSPS) is 11.7. The Kier molecular flexibility index (Phi) is 4.59. The lowest BCUT2D eigenvalue weighted by molar-refractivity contribution is -0.142. The summed E-state index contributed by atoms with van der Waals surface area (Å²) in [7, 11) is 1.28. The van der Waals surface area contributed by atoms with E-state index in [1.54, 1.807) is 13.8 Å². The molecule has 0 amide bonds. The zero-order valence-electron chi connectivity index (χ0n) is 8.23. The Morgan fingerprint density at radius 3 is 2.50 bits per heavy atom. The van der Waals surface area contributed by atoms with E-state index in [0.717, 1.165) is 0 Å². The third-order valence-corrected chi connectivity index (χ3v) is 1.69. The number of carbonyl (C=O) groups is 1. The lowest BCUT2D eigenvalue weighted by Crippen LogP contribution is -2.23. The second-order valence-electron chi connectivity index (χ2n) is 2.68. The maximum absolute atomic E-state index is 11.0. The molecule has 0 spiro atoms. The summed E-state index contributed by atoms with van der Waals surface area (Å²) in [5, 5.41) is 0. The number of carbonyl (C=O) groups excluding carboxylic acids is 1. The second kappa shape index (κ2) is 4.97. The Labute approximate surface area is 88.0 Å². The van der Waals surface area contributed by atoms with Gasteiger partial charge in [-0.05, 0) is 6.92 Å². The van der Waals surface area contributed by atoms with Gasteiger partial charge in [0.15, 0.2) is 5.89 Å². The van der Waals surface area contributed by atoms with E-state index in [1.165, 1.54) is 7.11 Å². The van der Waals surface area contributed by atoms with E-state index in [9.17, 15) is 4.79 Å². The Morgan fingerprint density at radius 1 is 1.57 bits per heavy atom. The number of nitrogens with zero attached hydrogens (tertiary/aromatic N) is 1. The van der Waals surface area contributed by atoms with Gasteiger partial charge in [0, 0.05) is 6.92 Å². The van der Waals surface area contributed by atoms with Gasteiger partial charge in [0.05, 0.1) is 7.11 Å². The van der Waals surface area contributed by atoms with Gasteiger partial charge in [-0.3, -0.25) is 0 Å². The number of aryl methyl sites for hydroxylation is 2. The standard InChI is InChI=1S/C8H12N2O3.ClH/c1-4-7(10-5(2)13-4)6(9)8(11)12-3;/h6H,9H2,1-3H3;1H. The Balaban J connectivity index is 0.00000169. The minimum Gasteiger partial charge on any atom is -0.468 e. The van der Waals surface area contributed by atoms with E-state index in [0.29, 0.717) is 17.3 Å². The van der Waals surface area contributed by atoms with Gasteiger partial charge in [0.1, 0.15) is 17.5 Å². The SMILES string of the molecule is COC(=O)C(N)c1nc(C)oc1C.Cl. The van der Waals surface area contributed by atoms with Gasteiger partial charge >= 0.3 is 5.97 Å². The summed E-state index contributed by atoms with van der Waals surface area (Å²) in [5.41, 5.74) is 6.00. The molecule has 0 aliphatic rings. The Hall–Kier alpha value is -1.07. The van der Waals surface area contributed by atoms with Crippen LogP contribution in [-0.4, -0.2) is 18.1 Å². The molecule has 0 aromatic carbocycles. The predicted molar refractivity (Wildman–Crippen MR) is 52.2 cm³/mol. The molecule has 0 radical (unpaired) electrons. The lowest BCUT2D eigenvalue weighted by atomic mass is 10.2. The highest BCUT2D eigenvalue weighted by molar-refractivity contribution is 5.85. The summed E-state index contributed by atoms with van der Waals surface area (Å²) in [4.78, 5) is 15.0. The Morgan fingerprint density at radius 2 is 2.14 bits per heavy atom. The fourth-order valence-corrected chi connectivity index (χ4v) is 1.07. The van der Waals surface area contributed by atoms with E-state index >= 15 is 0 Å². The molecule has 1 rings (SSSR count). The van der Waals surface area contributed by atoms with Gasteiger partial charge < -0.3 is 14.9 Å². The van der Waals surface area contributed by atoms with Crippen molar-refractivity contribution in [2.45, 2.75) is 19.9 Å². The van der Waals surface area contributed by atoms with Gasteiger partial charge in [-0.2, -0.15) is 0 Å². The number of hydrogen-bond acceptors (Lipinski definition) is 5. The first-order valence-electron chi connectivity index (χ1n) is 3.83. The van der Waals surface area contributed by atoms with E-state index < -0.39 is 12.0 Å². The van der Waals surface area contributed by atoms with Gasteiger partial charge in [-0.25, -0.2) is 9.78 Å². The monoisotopic (exact) mass is 220 g/mol. The quantitative estimate of drug-likeness (QED) is 0.749. The molecule has 0 aliphatic heterocycles. The van der Waals surface area contributed by atoms with E-state index in [-0.39, 0.29) is 12.4 Å². The van der Waals surface area contributed by atoms with Crippen molar-refractivity contribution in [3.05, 3.63) is 17.3 Å². The molecule has 0 saturated heterocycles. The molecular weight excluding hydrogens is 208 g/mol. The van der Waals surface area contributed by atoms with E-state index in [4.69, 9.17) is 10.2 Å². The largest absolute Gasteiger partial charge is 0.468 e. The van der Waals surface area contributed by atoms with Crippen molar-refractivity contribution in [1.82, 2.24) is 4.98 Å². The molecule has 0 fully saturated rings. The zero-order valence-corrected chi connectivity index (χ0v) is 9.05. The third kappa shape index (κ3) is 2.46. The summed E-state index contributed by atoms with van der Waals surface area (Å²) in [6.07, 6.45) is 0. The van der Waals surface area contributed by atoms with Crippen molar-refractivity contribution in [3.8, 4) is 0 Å². The smallest absolute Gasteiger partial charge is 0.329 e. The van der Waals surface area contributed by atoms with Crippen LogP contribution >= 0.6 is 12.4 Å². The molecule has 1 aromatic rings. The van der Waals surface area contributed by atoms with Gasteiger partial charge in [-0.1, -0.05) is 0 Å².